The van der Waals surface area contributed by atoms with Gasteiger partial charge in [0.1, 0.15) is 5.75 Å². The van der Waals surface area contributed by atoms with Gasteiger partial charge in [-0.05, 0) is 80.0 Å². The summed E-state index contributed by atoms with van der Waals surface area (Å²) in [6.45, 7) is 12.9. The Bertz CT molecular complexity index is 598. The molecule has 0 fully saturated rings. The normalized spacial score (nSPS) is 11.3. The Morgan fingerprint density at radius 3 is 1.82 bits per heavy atom. The van der Waals surface area contributed by atoms with E-state index in [0.717, 1.165) is 12.2 Å². The number of hydrogen-bond donors (Lipinski definition) is 0. The van der Waals surface area contributed by atoms with Crippen LogP contribution in [0, 0.1) is 19.8 Å². The summed E-state index contributed by atoms with van der Waals surface area (Å²) in [5, 5.41) is 0. The lowest BCUT2D eigenvalue weighted by atomic mass is 9.97. The Morgan fingerprint density at radius 2 is 1.36 bits per heavy atom. The van der Waals surface area contributed by atoms with E-state index < -0.39 is 0 Å². The maximum absolute atomic E-state index is 5.93. The molecule has 0 aliphatic heterocycles. The number of benzene rings is 2. The van der Waals surface area contributed by atoms with Crippen LogP contribution < -0.4 is 4.74 Å². The fourth-order valence-electron chi connectivity index (χ4n) is 2.84. The van der Waals surface area contributed by atoms with E-state index >= 15 is 0 Å². The monoisotopic (exact) mass is 296 g/mol. The molecule has 0 radical (unpaired) electrons. The van der Waals surface area contributed by atoms with Crippen LogP contribution in [0.15, 0.2) is 36.4 Å². The maximum Gasteiger partial charge on any atom is 0.125 e. The topological polar surface area (TPSA) is 9.23 Å². The minimum Gasteiger partial charge on any atom is -0.490 e. The van der Waals surface area contributed by atoms with Gasteiger partial charge in [-0.15, -0.1) is 0 Å². The van der Waals surface area contributed by atoms with Crippen LogP contribution in [0.25, 0.3) is 11.1 Å². The Labute approximate surface area is 135 Å². The molecule has 22 heavy (non-hydrogen) atoms. The molecule has 0 atom stereocenters. The first-order valence-corrected chi connectivity index (χ1v) is 8.24. The Kier molecular flexibility index (Phi) is 5.28. The highest BCUT2D eigenvalue weighted by molar-refractivity contribution is 5.67. The van der Waals surface area contributed by atoms with Crippen LogP contribution in [0.2, 0.25) is 0 Å². The minimum absolute atomic E-state index is 0.207. The number of aryl methyl sites for hydroxylation is 2. The second-order valence-corrected chi connectivity index (χ2v) is 6.90. The van der Waals surface area contributed by atoms with Gasteiger partial charge in [0.25, 0.3) is 0 Å². The van der Waals surface area contributed by atoms with Crippen LogP contribution in [0.3, 0.4) is 0 Å². The summed E-state index contributed by atoms with van der Waals surface area (Å²) in [7, 11) is 0. The molecule has 0 aromatic heterocycles. The van der Waals surface area contributed by atoms with Crippen LogP contribution in [-0.2, 0) is 6.42 Å². The molecule has 0 heterocycles. The Hall–Kier alpha value is -1.76. The highest BCUT2D eigenvalue weighted by Gasteiger charge is 2.09. The zero-order chi connectivity index (χ0) is 16.3. The first-order chi connectivity index (χ1) is 10.4. The van der Waals surface area contributed by atoms with Gasteiger partial charge in [-0.25, -0.2) is 0 Å². The van der Waals surface area contributed by atoms with Gasteiger partial charge in [0.15, 0.2) is 0 Å². The zero-order valence-electron chi connectivity index (χ0n) is 14.7. The third-order valence-electron chi connectivity index (χ3n) is 3.75. The summed E-state index contributed by atoms with van der Waals surface area (Å²) in [6, 6.07) is 13.4. The van der Waals surface area contributed by atoms with Gasteiger partial charge in [0.05, 0.1) is 6.10 Å². The lowest BCUT2D eigenvalue weighted by Gasteiger charge is -2.17. The molecular weight excluding hydrogens is 268 g/mol. The van der Waals surface area contributed by atoms with Crippen molar-refractivity contribution in [3.8, 4) is 16.9 Å². The predicted molar refractivity (Wildman–Crippen MR) is 95.7 cm³/mol. The second kappa shape index (κ2) is 7.00. The van der Waals surface area contributed by atoms with E-state index in [1.54, 1.807) is 0 Å². The summed E-state index contributed by atoms with van der Waals surface area (Å²) in [5.74, 6) is 1.72. The first kappa shape index (κ1) is 16.6. The minimum atomic E-state index is 0.207. The van der Waals surface area contributed by atoms with E-state index in [9.17, 15) is 0 Å². The molecule has 0 unspecified atom stereocenters. The van der Waals surface area contributed by atoms with E-state index in [1.165, 1.54) is 27.8 Å². The van der Waals surface area contributed by atoms with E-state index in [4.69, 9.17) is 4.74 Å². The van der Waals surface area contributed by atoms with Crippen LogP contribution in [0.4, 0.5) is 0 Å². The predicted octanol–water partition coefficient (Wildman–Crippen LogP) is 5.96. The molecule has 0 saturated carbocycles. The standard InChI is InChI=1S/C21H28O/c1-14(2)11-18-7-9-19(10-8-18)20-12-16(5)21(17(6)13-20)22-15(3)4/h7-10,12-15H,11H2,1-6H3. The summed E-state index contributed by atoms with van der Waals surface area (Å²) >= 11 is 0. The largest absolute Gasteiger partial charge is 0.490 e. The van der Waals surface area contributed by atoms with Crippen molar-refractivity contribution >= 4 is 0 Å². The molecule has 0 aliphatic carbocycles. The summed E-state index contributed by atoms with van der Waals surface area (Å²) < 4.78 is 5.93. The second-order valence-electron chi connectivity index (χ2n) is 6.90. The average molecular weight is 296 g/mol. The van der Waals surface area contributed by atoms with Gasteiger partial charge >= 0.3 is 0 Å². The van der Waals surface area contributed by atoms with Gasteiger partial charge in [0, 0.05) is 0 Å². The van der Waals surface area contributed by atoms with Crippen LogP contribution in [0.1, 0.15) is 44.4 Å². The van der Waals surface area contributed by atoms with Crippen molar-refractivity contribution in [3.05, 3.63) is 53.1 Å². The molecule has 0 saturated heterocycles. The van der Waals surface area contributed by atoms with Crippen molar-refractivity contribution < 1.29 is 4.74 Å². The third kappa shape index (κ3) is 4.13. The van der Waals surface area contributed by atoms with Crippen molar-refractivity contribution in [2.24, 2.45) is 5.92 Å². The average Bonchev–Trinajstić information content (AvgIpc) is 2.42. The smallest absolute Gasteiger partial charge is 0.125 e. The van der Waals surface area contributed by atoms with Crippen molar-refractivity contribution in [2.45, 2.75) is 54.1 Å². The highest BCUT2D eigenvalue weighted by Crippen LogP contribution is 2.31. The number of ether oxygens (including phenoxy) is 1. The van der Waals surface area contributed by atoms with Crippen molar-refractivity contribution in [3.63, 3.8) is 0 Å². The third-order valence-corrected chi connectivity index (χ3v) is 3.75. The van der Waals surface area contributed by atoms with Gasteiger partial charge in [-0.2, -0.15) is 0 Å². The SMILES string of the molecule is Cc1cc(-c2ccc(CC(C)C)cc2)cc(C)c1OC(C)C. The lowest BCUT2D eigenvalue weighted by molar-refractivity contribution is 0.239. The molecule has 0 aliphatic rings. The molecule has 0 spiro atoms. The molecule has 0 N–H and O–H groups in total. The number of hydrogen-bond acceptors (Lipinski definition) is 1. The quantitative estimate of drug-likeness (QED) is 0.662. The van der Waals surface area contributed by atoms with E-state index in [2.05, 4.69) is 77.9 Å². The Morgan fingerprint density at radius 1 is 0.818 bits per heavy atom. The molecule has 118 valence electrons. The van der Waals surface area contributed by atoms with Crippen molar-refractivity contribution in [2.75, 3.05) is 0 Å². The molecule has 1 nitrogen and oxygen atoms in total. The van der Waals surface area contributed by atoms with E-state index in [1.807, 2.05) is 0 Å². The molecule has 1 heteroatoms. The molecule has 2 aromatic carbocycles. The molecule has 0 bridgehead atoms. The Balaban J connectivity index is 2.29. The summed E-state index contributed by atoms with van der Waals surface area (Å²) in [6.07, 6.45) is 1.35. The van der Waals surface area contributed by atoms with E-state index in [-0.39, 0.29) is 6.10 Å². The maximum atomic E-state index is 5.93. The van der Waals surface area contributed by atoms with Crippen LogP contribution >= 0.6 is 0 Å². The van der Waals surface area contributed by atoms with Gasteiger partial charge in [-0.1, -0.05) is 38.1 Å². The molecule has 2 aromatic rings. The van der Waals surface area contributed by atoms with Gasteiger partial charge < -0.3 is 4.74 Å². The van der Waals surface area contributed by atoms with Gasteiger partial charge in [-0.3, -0.25) is 0 Å². The summed E-state index contributed by atoms with van der Waals surface area (Å²) in [4.78, 5) is 0. The molecule has 0 amide bonds. The first-order valence-electron chi connectivity index (χ1n) is 8.24. The van der Waals surface area contributed by atoms with Crippen molar-refractivity contribution in [1.82, 2.24) is 0 Å². The van der Waals surface area contributed by atoms with Gasteiger partial charge in [0.2, 0.25) is 0 Å². The zero-order valence-corrected chi connectivity index (χ0v) is 14.7. The number of rotatable bonds is 5. The van der Waals surface area contributed by atoms with Crippen LogP contribution in [0.5, 0.6) is 5.75 Å². The highest BCUT2D eigenvalue weighted by atomic mass is 16.5. The lowest BCUT2D eigenvalue weighted by Crippen LogP contribution is -2.08. The van der Waals surface area contributed by atoms with Crippen LogP contribution in [-0.4, -0.2) is 6.10 Å². The van der Waals surface area contributed by atoms with Crippen molar-refractivity contribution in [1.29, 1.82) is 0 Å². The molecular formula is C21H28O. The summed E-state index contributed by atoms with van der Waals surface area (Å²) in [5.41, 5.74) is 6.36. The fourth-order valence-corrected chi connectivity index (χ4v) is 2.84. The van der Waals surface area contributed by atoms with E-state index in [0.29, 0.717) is 5.92 Å². The molecule has 2 rings (SSSR count). The fraction of sp³-hybridized carbons (Fsp3) is 0.429.